The summed E-state index contributed by atoms with van der Waals surface area (Å²) in [4.78, 5) is 17.9. The molecule has 0 saturated carbocycles. The molecule has 1 aliphatic rings. The molecule has 28 heavy (non-hydrogen) atoms. The van der Waals surface area contributed by atoms with Gasteiger partial charge in [-0.1, -0.05) is 24.3 Å². The molecule has 2 heterocycles. The van der Waals surface area contributed by atoms with Crippen LogP contribution in [0.3, 0.4) is 0 Å². The Morgan fingerprint density at radius 1 is 1.18 bits per heavy atom. The van der Waals surface area contributed by atoms with Gasteiger partial charge < -0.3 is 19.5 Å². The zero-order valence-corrected chi connectivity index (χ0v) is 16.5. The number of aromatic nitrogens is 1. The Bertz CT molecular complexity index is 1020. The molecule has 0 atom stereocenters. The van der Waals surface area contributed by atoms with E-state index >= 15 is 0 Å². The highest BCUT2D eigenvalue weighted by molar-refractivity contribution is 7.15. The Labute approximate surface area is 167 Å². The quantitative estimate of drug-likeness (QED) is 0.685. The van der Waals surface area contributed by atoms with Crippen LogP contribution in [0.2, 0.25) is 0 Å². The Balaban J connectivity index is 1.33. The molecule has 1 amide bonds. The SMILES string of the molecule is Cc1ccccc1-c1nc(C)c(CNC(=O)COc2ccc3c(c2)OCO3)s1. The zero-order valence-electron chi connectivity index (χ0n) is 15.7. The molecule has 1 N–H and O–H groups in total. The first-order valence-corrected chi connectivity index (χ1v) is 9.73. The number of amides is 1. The summed E-state index contributed by atoms with van der Waals surface area (Å²) in [6.07, 6.45) is 0. The molecule has 0 unspecified atom stereocenters. The van der Waals surface area contributed by atoms with E-state index in [4.69, 9.17) is 14.2 Å². The van der Waals surface area contributed by atoms with Crippen LogP contribution in [0.1, 0.15) is 16.1 Å². The van der Waals surface area contributed by atoms with Gasteiger partial charge in [-0.25, -0.2) is 4.98 Å². The van der Waals surface area contributed by atoms with Crippen molar-refractivity contribution in [2.45, 2.75) is 20.4 Å². The van der Waals surface area contributed by atoms with Gasteiger partial charge in [-0.3, -0.25) is 4.79 Å². The van der Waals surface area contributed by atoms with Gasteiger partial charge in [0.2, 0.25) is 6.79 Å². The van der Waals surface area contributed by atoms with Gasteiger partial charge in [0.05, 0.1) is 12.2 Å². The summed E-state index contributed by atoms with van der Waals surface area (Å²) in [7, 11) is 0. The van der Waals surface area contributed by atoms with Gasteiger partial charge in [0.1, 0.15) is 10.8 Å². The van der Waals surface area contributed by atoms with Gasteiger partial charge in [-0.15, -0.1) is 11.3 Å². The minimum absolute atomic E-state index is 0.0673. The summed E-state index contributed by atoms with van der Waals surface area (Å²) < 4.78 is 16.1. The molecule has 4 rings (SSSR count). The normalized spacial score (nSPS) is 12.1. The van der Waals surface area contributed by atoms with Gasteiger partial charge >= 0.3 is 0 Å². The van der Waals surface area contributed by atoms with Crippen molar-refractivity contribution >= 4 is 17.2 Å². The van der Waals surface area contributed by atoms with Crippen LogP contribution in [0.25, 0.3) is 10.6 Å². The van der Waals surface area contributed by atoms with Crippen LogP contribution < -0.4 is 19.5 Å². The number of thiazole rings is 1. The third-order valence-corrected chi connectivity index (χ3v) is 5.62. The molecule has 0 radical (unpaired) electrons. The highest BCUT2D eigenvalue weighted by atomic mass is 32.1. The van der Waals surface area contributed by atoms with E-state index in [1.165, 1.54) is 5.56 Å². The minimum Gasteiger partial charge on any atom is -0.484 e. The van der Waals surface area contributed by atoms with Crippen molar-refractivity contribution < 1.29 is 19.0 Å². The lowest BCUT2D eigenvalue weighted by Crippen LogP contribution is -2.28. The number of ether oxygens (including phenoxy) is 3. The third-order valence-electron chi connectivity index (χ3n) is 4.43. The highest BCUT2D eigenvalue weighted by Crippen LogP contribution is 2.35. The first-order chi connectivity index (χ1) is 13.6. The fraction of sp³-hybridized carbons (Fsp3) is 0.238. The number of nitrogens with one attached hydrogen (secondary N) is 1. The van der Waals surface area contributed by atoms with E-state index < -0.39 is 0 Å². The summed E-state index contributed by atoms with van der Waals surface area (Å²) >= 11 is 1.60. The average Bonchev–Trinajstić information content (AvgIpc) is 3.31. The predicted molar refractivity (Wildman–Crippen MR) is 107 cm³/mol. The van der Waals surface area contributed by atoms with Crippen LogP contribution in [0.4, 0.5) is 0 Å². The van der Waals surface area contributed by atoms with Crippen molar-refractivity contribution in [1.82, 2.24) is 10.3 Å². The molecule has 1 aliphatic heterocycles. The molecule has 144 valence electrons. The number of hydrogen-bond donors (Lipinski definition) is 1. The second-order valence-electron chi connectivity index (χ2n) is 6.42. The number of nitrogens with zero attached hydrogens (tertiary/aromatic N) is 1. The summed E-state index contributed by atoms with van der Waals surface area (Å²) in [5.41, 5.74) is 3.24. The predicted octanol–water partition coefficient (Wildman–Crippen LogP) is 3.85. The smallest absolute Gasteiger partial charge is 0.258 e. The average molecular weight is 396 g/mol. The number of carbonyl (C=O) groups excluding carboxylic acids is 1. The summed E-state index contributed by atoms with van der Waals surface area (Å²) in [6, 6.07) is 13.4. The Morgan fingerprint density at radius 3 is 2.86 bits per heavy atom. The third kappa shape index (κ3) is 3.94. The van der Waals surface area contributed by atoms with Crippen LogP contribution in [0, 0.1) is 13.8 Å². The molecule has 3 aromatic rings. The number of aryl methyl sites for hydroxylation is 2. The fourth-order valence-electron chi connectivity index (χ4n) is 2.87. The molecular formula is C21H20N2O4S. The Morgan fingerprint density at radius 2 is 2.00 bits per heavy atom. The van der Waals surface area contributed by atoms with Gasteiger partial charge in [-0.05, 0) is 31.5 Å². The molecule has 6 nitrogen and oxygen atoms in total. The fourth-order valence-corrected chi connectivity index (χ4v) is 3.96. The number of fused-ring (bicyclic) bond motifs is 1. The molecule has 0 aliphatic carbocycles. The van der Waals surface area contributed by atoms with Crippen molar-refractivity contribution in [2.75, 3.05) is 13.4 Å². The van der Waals surface area contributed by atoms with E-state index in [1.807, 2.05) is 19.1 Å². The summed E-state index contributed by atoms with van der Waals surface area (Å²) in [6.45, 7) is 4.60. The van der Waals surface area contributed by atoms with Crippen LogP contribution in [-0.2, 0) is 11.3 Å². The Hall–Kier alpha value is -3.06. The van der Waals surface area contributed by atoms with E-state index in [0.717, 1.165) is 21.1 Å². The van der Waals surface area contributed by atoms with E-state index in [1.54, 1.807) is 29.5 Å². The van der Waals surface area contributed by atoms with E-state index in [0.29, 0.717) is 23.8 Å². The van der Waals surface area contributed by atoms with Crippen LogP contribution >= 0.6 is 11.3 Å². The van der Waals surface area contributed by atoms with Crippen LogP contribution in [-0.4, -0.2) is 24.3 Å². The van der Waals surface area contributed by atoms with Crippen molar-refractivity contribution in [3.05, 3.63) is 58.6 Å². The maximum Gasteiger partial charge on any atom is 0.258 e. The van der Waals surface area contributed by atoms with Crippen molar-refractivity contribution in [2.24, 2.45) is 0 Å². The molecule has 0 saturated heterocycles. The monoisotopic (exact) mass is 396 g/mol. The first kappa shape index (κ1) is 18.3. The first-order valence-electron chi connectivity index (χ1n) is 8.91. The molecule has 0 spiro atoms. The minimum atomic E-state index is -0.192. The molecule has 0 fully saturated rings. The molecule has 2 aromatic carbocycles. The van der Waals surface area contributed by atoms with Crippen molar-refractivity contribution in [3.8, 4) is 27.8 Å². The maximum absolute atomic E-state index is 12.2. The summed E-state index contributed by atoms with van der Waals surface area (Å²) in [5, 5.41) is 3.86. The number of rotatable bonds is 6. The lowest BCUT2D eigenvalue weighted by molar-refractivity contribution is -0.123. The lowest BCUT2D eigenvalue weighted by atomic mass is 10.1. The van der Waals surface area contributed by atoms with Crippen molar-refractivity contribution in [3.63, 3.8) is 0 Å². The van der Waals surface area contributed by atoms with Gasteiger partial charge in [0.25, 0.3) is 5.91 Å². The summed E-state index contributed by atoms with van der Waals surface area (Å²) in [5.74, 6) is 1.68. The van der Waals surface area contributed by atoms with Crippen LogP contribution in [0.5, 0.6) is 17.2 Å². The number of benzene rings is 2. The van der Waals surface area contributed by atoms with Crippen LogP contribution in [0.15, 0.2) is 42.5 Å². The van der Waals surface area contributed by atoms with Gasteiger partial charge in [-0.2, -0.15) is 0 Å². The molecule has 7 heteroatoms. The highest BCUT2D eigenvalue weighted by Gasteiger charge is 2.15. The van der Waals surface area contributed by atoms with E-state index in [-0.39, 0.29) is 19.3 Å². The van der Waals surface area contributed by atoms with Gasteiger partial charge in [0.15, 0.2) is 18.1 Å². The Kier molecular flexibility index (Phi) is 5.16. The second-order valence-corrected chi connectivity index (χ2v) is 7.51. The van der Waals surface area contributed by atoms with Crippen molar-refractivity contribution in [1.29, 1.82) is 0 Å². The molecule has 0 bridgehead atoms. The maximum atomic E-state index is 12.2. The largest absolute Gasteiger partial charge is 0.484 e. The molecule has 1 aromatic heterocycles. The zero-order chi connectivity index (χ0) is 19.5. The number of hydrogen-bond acceptors (Lipinski definition) is 6. The molecular weight excluding hydrogens is 376 g/mol. The second kappa shape index (κ2) is 7.90. The van der Waals surface area contributed by atoms with E-state index in [9.17, 15) is 4.79 Å². The van der Waals surface area contributed by atoms with Gasteiger partial charge in [0, 0.05) is 16.5 Å². The lowest BCUT2D eigenvalue weighted by Gasteiger charge is -2.07. The standard InChI is InChI=1S/C21H20N2O4S/c1-13-5-3-4-6-16(13)21-23-14(2)19(28-21)10-22-20(24)11-25-15-7-8-17-18(9-15)27-12-26-17/h3-9H,10-12H2,1-2H3,(H,22,24). The number of carbonyl (C=O) groups is 1. The van der Waals surface area contributed by atoms with E-state index in [2.05, 4.69) is 29.4 Å². The topological polar surface area (TPSA) is 69.7 Å².